The first-order valence-corrected chi connectivity index (χ1v) is 7.34. The number of ether oxygens (including phenoxy) is 1. The highest BCUT2D eigenvalue weighted by Crippen LogP contribution is 2.15. The van der Waals surface area contributed by atoms with Crippen molar-refractivity contribution >= 4 is 35.1 Å². The molecule has 1 N–H and O–H groups in total. The minimum atomic E-state index is -0.952. The predicted octanol–water partition coefficient (Wildman–Crippen LogP) is 3.61. The molecule has 0 bridgehead atoms. The summed E-state index contributed by atoms with van der Waals surface area (Å²) in [5.41, 5.74) is 0.526. The van der Waals surface area contributed by atoms with E-state index >= 15 is 0 Å². The molecule has 0 saturated carbocycles. The van der Waals surface area contributed by atoms with E-state index < -0.39 is 24.3 Å². The maximum atomic E-state index is 13.5. The van der Waals surface area contributed by atoms with Crippen molar-refractivity contribution in [2.45, 2.75) is 6.54 Å². The first kappa shape index (κ1) is 17.2. The van der Waals surface area contributed by atoms with E-state index in [0.29, 0.717) is 5.02 Å². The monoisotopic (exact) mass is 355 g/mol. The Kier molecular flexibility index (Phi) is 5.96. The van der Waals surface area contributed by atoms with Crippen LogP contribution in [0.25, 0.3) is 0 Å². The molecule has 0 aliphatic rings. The normalized spacial score (nSPS) is 10.2. The van der Waals surface area contributed by atoms with Crippen LogP contribution in [0.5, 0.6) is 0 Å². The molecule has 0 aliphatic carbocycles. The zero-order chi connectivity index (χ0) is 16.8. The van der Waals surface area contributed by atoms with Crippen LogP contribution in [0, 0.1) is 5.82 Å². The van der Waals surface area contributed by atoms with Gasteiger partial charge in [0.05, 0.1) is 5.56 Å². The van der Waals surface area contributed by atoms with Gasteiger partial charge in [0.25, 0.3) is 5.91 Å². The van der Waals surface area contributed by atoms with Crippen molar-refractivity contribution in [2.24, 2.45) is 0 Å². The van der Waals surface area contributed by atoms with E-state index in [4.69, 9.17) is 27.9 Å². The van der Waals surface area contributed by atoms with Crippen LogP contribution in [-0.4, -0.2) is 18.5 Å². The van der Waals surface area contributed by atoms with Crippen molar-refractivity contribution in [3.8, 4) is 0 Å². The van der Waals surface area contributed by atoms with Crippen LogP contribution in [-0.2, 0) is 16.1 Å². The molecule has 0 radical (unpaired) electrons. The van der Waals surface area contributed by atoms with E-state index in [1.165, 1.54) is 6.07 Å². The van der Waals surface area contributed by atoms with Crippen molar-refractivity contribution < 1.29 is 18.7 Å². The van der Waals surface area contributed by atoms with Gasteiger partial charge in [-0.3, -0.25) is 4.79 Å². The lowest BCUT2D eigenvalue weighted by Crippen LogP contribution is -2.28. The third-order valence-electron chi connectivity index (χ3n) is 2.89. The molecular formula is C16H12Cl2FNO3. The lowest BCUT2D eigenvalue weighted by atomic mass is 10.2. The standard InChI is InChI=1S/C16H12Cl2FNO3/c17-11-3-1-10(2-4-11)8-20-15(21)9-23-16(22)13-7-12(18)5-6-14(13)19/h1-7H,8-9H2,(H,20,21). The van der Waals surface area contributed by atoms with Crippen molar-refractivity contribution in [1.82, 2.24) is 5.32 Å². The minimum Gasteiger partial charge on any atom is -0.452 e. The van der Waals surface area contributed by atoms with Crippen molar-refractivity contribution in [3.63, 3.8) is 0 Å². The first-order valence-electron chi connectivity index (χ1n) is 6.59. The Morgan fingerprint density at radius 3 is 2.39 bits per heavy atom. The molecule has 0 aliphatic heterocycles. The van der Waals surface area contributed by atoms with Crippen LogP contribution in [0.3, 0.4) is 0 Å². The minimum absolute atomic E-state index is 0.200. The number of benzene rings is 2. The molecule has 120 valence electrons. The maximum Gasteiger partial charge on any atom is 0.341 e. The highest BCUT2D eigenvalue weighted by molar-refractivity contribution is 6.31. The van der Waals surface area contributed by atoms with Gasteiger partial charge in [0.15, 0.2) is 6.61 Å². The predicted molar refractivity (Wildman–Crippen MR) is 85.0 cm³/mol. The summed E-state index contributed by atoms with van der Waals surface area (Å²) in [6.45, 7) is -0.253. The maximum absolute atomic E-state index is 13.5. The molecule has 0 heterocycles. The highest BCUT2D eigenvalue weighted by Gasteiger charge is 2.15. The van der Waals surface area contributed by atoms with Crippen LogP contribution < -0.4 is 5.32 Å². The number of amides is 1. The SMILES string of the molecule is O=C(COC(=O)c1cc(Cl)ccc1F)NCc1ccc(Cl)cc1. The van der Waals surface area contributed by atoms with Crippen molar-refractivity contribution in [1.29, 1.82) is 0 Å². The van der Waals surface area contributed by atoms with E-state index in [0.717, 1.165) is 17.7 Å². The quantitative estimate of drug-likeness (QED) is 0.833. The number of carbonyl (C=O) groups excluding carboxylic acids is 2. The van der Waals surface area contributed by atoms with Gasteiger partial charge in [-0.05, 0) is 35.9 Å². The fourth-order valence-corrected chi connectivity index (χ4v) is 2.01. The largest absolute Gasteiger partial charge is 0.452 e. The first-order chi connectivity index (χ1) is 11.0. The van der Waals surface area contributed by atoms with Crippen LogP contribution in [0.2, 0.25) is 10.0 Å². The summed E-state index contributed by atoms with van der Waals surface area (Å²) in [7, 11) is 0. The van der Waals surface area contributed by atoms with Crippen LogP contribution >= 0.6 is 23.2 Å². The molecule has 0 aromatic heterocycles. The molecule has 0 saturated heterocycles. The van der Waals surface area contributed by atoms with E-state index in [1.54, 1.807) is 24.3 Å². The fourth-order valence-electron chi connectivity index (χ4n) is 1.72. The molecule has 4 nitrogen and oxygen atoms in total. The zero-order valence-electron chi connectivity index (χ0n) is 11.8. The topological polar surface area (TPSA) is 55.4 Å². The van der Waals surface area contributed by atoms with Gasteiger partial charge in [0, 0.05) is 16.6 Å². The molecule has 7 heteroatoms. The third kappa shape index (κ3) is 5.23. The van der Waals surface area contributed by atoms with Gasteiger partial charge in [-0.1, -0.05) is 35.3 Å². The second kappa shape index (κ2) is 7.94. The molecule has 23 heavy (non-hydrogen) atoms. The summed E-state index contributed by atoms with van der Waals surface area (Å²) in [5, 5.41) is 3.37. The average molecular weight is 356 g/mol. The van der Waals surface area contributed by atoms with Crippen LogP contribution in [0.1, 0.15) is 15.9 Å². The second-order valence-electron chi connectivity index (χ2n) is 4.60. The van der Waals surface area contributed by atoms with Gasteiger partial charge in [0.1, 0.15) is 5.82 Å². The van der Waals surface area contributed by atoms with Gasteiger partial charge in [-0.15, -0.1) is 0 Å². The average Bonchev–Trinajstić information content (AvgIpc) is 2.54. The molecule has 0 spiro atoms. The van der Waals surface area contributed by atoms with Gasteiger partial charge in [-0.2, -0.15) is 0 Å². The van der Waals surface area contributed by atoms with E-state index in [1.807, 2.05) is 0 Å². The van der Waals surface area contributed by atoms with Gasteiger partial charge in [0.2, 0.25) is 0 Å². The van der Waals surface area contributed by atoms with Gasteiger partial charge in [-0.25, -0.2) is 9.18 Å². The lowest BCUT2D eigenvalue weighted by molar-refractivity contribution is -0.124. The number of rotatable bonds is 5. The lowest BCUT2D eigenvalue weighted by Gasteiger charge is -2.07. The number of carbonyl (C=O) groups is 2. The Balaban J connectivity index is 1.83. The molecule has 0 atom stereocenters. The number of esters is 1. The highest BCUT2D eigenvalue weighted by atomic mass is 35.5. The van der Waals surface area contributed by atoms with Gasteiger partial charge >= 0.3 is 5.97 Å². The third-order valence-corrected chi connectivity index (χ3v) is 3.37. The summed E-state index contributed by atoms with van der Waals surface area (Å²) in [4.78, 5) is 23.4. The number of nitrogens with one attached hydrogen (secondary N) is 1. The van der Waals surface area contributed by atoms with Crippen LogP contribution in [0.15, 0.2) is 42.5 Å². The van der Waals surface area contributed by atoms with Crippen molar-refractivity contribution in [3.05, 3.63) is 69.5 Å². The Morgan fingerprint density at radius 1 is 1.04 bits per heavy atom. The smallest absolute Gasteiger partial charge is 0.341 e. The molecule has 0 fully saturated rings. The Hall–Kier alpha value is -2.11. The molecule has 0 unspecified atom stereocenters. The number of halogens is 3. The number of hydrogen-bond donors (Lipinski definition) is 1. The van der Waals surface area contributed by atoms with E-state index in [2.05, 4.69) is 5.32 Å². The fraction of sp³-hybridized carbons (Fsp3) is 0.125. The van der Waals surface area contributed by atoms with E-state index in [-0.39, 0.29) is 17.1 Å². The summed E-state index contributed by atoms with van der Waals surface area (Å²) in [6.07, 6.45) is 0. The molecule has 1 amide bonds. The van der Waals surface area contributed by atoms with Crippen LogP contribution in [0.4, 0.5) is 4.39 Å². The summed E-state index contributed by atoms with van der Waals surface area (Å²) >= 11 is 11.4. The molecule has 2 aromatic rings. The van der Waals surface area contributed by atoms with Gasteiger partial charge < -0.3 is 10.1 Å². The Morgan fingerprint density at radius 2 is 1.70 bits per heavy atom. The number of hydrogen-bond acceptors (Lipinski definition) is 3. The molecule has 2 rings (SSSR count). The van der Waals surface area contributed by atoms with E-state index in [9.17, 15) is 14.0 Å². The Labute approximate surface area is 142 Å². The summed E-state index contributed by atoms with van der Waals surface area (Å²) in [5.74, 6) is -2.22. The zero-order valence-corrected chi connectivity index (χ0v) is 13.3. The summed E-state index contributed by atoms with van der Waals surface area (Å²) in [6, 6.07) is 10.4. The Bertz CT molecular complexity index is 720. The summed E-state index contributed by atoms with van der Waals surface area (Å²) < 4.78 is 18.2. The molecular weight excluding hydrogens is 344 g/mol. The second-order valence-corrected chi connectivity index (χ2v) is 5.48. The molecule has 2 aromatic carbocycles. The van der Waals surface area contributed by atoms with Crippen molar-refractivity contribution in [2.75, 3.05) is 6.61 Å².